The van der Waals surface area contributed by atoms with Gasteiger partial charge in [0.05, 0.1) is 6.54 Å². The number of nitrogens with zero attached hydrogens (tertiary/aromatic N) is 5. The Kier molecular flexibility index (Phi) is 5.51. The summed E-state index contributed by atoms with van der Waals surface area (Å²) in [6.07, 6.45) is 4.07. The number of carbonyl (C=O) groups excluding carboxylic acids is 1. The molecule has 3 rings (SSSR count). The molecular weight excluding hydrogens is 304 g/mol. The molecule has 3 heterocycles. The van der Waals surface area contributed by atoms with Crippen molar-refractivity contribution in [2.24, 2.45) is 4.99 Å². The highest BCUT2D eigenvalue weighted by Crippen LogP contribution is 2.12. The molecule has 130 valence electrons. The third kappa shape index (κ3) is 3.96. The second-order valence-electron chi connectivity index (χ2n) is 6.15. The van der Waals surface area contributed by atoms with Crippen molar-refractivity contribution in [1.82, 2.24) is 20.1 Å². The van der Waals surface area contributed by atoms with Crippen molar-refractivity contribution in [3.05, 3.63) is 24.4 Å². The first-order valence-electron chi connectivity index (χ1n) is 8.67. The maximum atomic E-state index is 12.2. The van der Waals surface area contributed by atoms with Gasteiger partial charge in [-0.3, -0.25) is 9.79 Å². The number of anilines is 1. The van der Waals surface area contributed by atoms with Gasteiger partial charge in [-0.05, 0) is 25.0 Å². The summed E-state index contributed by atoms with van der Waals surface area (Å²) in [6.45, 7) is 5.65. The highest BCUT2D eigenvalue weighted by Gasteiger charge is 2.22. The number of nitrogens with one attached hydrogen (secondary N) is 1. The minimum absolute atomic E-state index is 0.167. The predicted molar refractivity (Wildman–Crippen MR) is 95.2 cm³/mol. The van der Waals surface area contributed by atoms with Crippen LogP contribution in [0.3, 0.4) is 0 Å². The van der Waals surface area contributed by atoms with Gasteiger partial charge < -0.3 is 20.0 Å². The minimum atomic E-state index is 0.167. The molecule has 1 amide bonds. The maximum Gasteiger partial charge on any atom is 0.241 e. The molecule has 2 aliphatic rings. The summed E-state index contributed by atoms with van der Waals surface area (Å²) in [7, 11) is 1.77. The van der Waals surface area contributed by atoms with Crippen LogP contribution < -0.4 is 10.2 Å². The fraction of sp³-hybridized carbons (Fsp3) is 0.588. The predicted octanol–water partition coefficient (Wildman–Crippen LogP) is 0.401. The van der Waals surface area contributed by atoms with Crippen LogP contribution in [0, 0.1) is 0 Å². The molecule has 2 saturated heterocycles. The molecule has 0 saturated carbocycles. The van der Waals surface area contributed by atoms with Crippen molar-refractivity contribution in [3.63, 3.8) is 0 Å². The van der Waals surface area contributed by atoms with E-state index >= 15 is 0 Å². The van der Waals surface area contributed by atoms with Crippen molar-refractivity contribution in [1.29, 1.82) is 0 Å². The third-order valence-electron chi connectivity index (χ3n) is 4.62. The number of guanidine groups is 1. The number of amides is 1. The van der Waals surface area contributed by atoms with E-state index in [4.69, 9.17) is 0 Å². The second kappa shape index (κ2) is 7.99. The van der Waals surface area contributed by atoms with Crippen LogP contribution in [-0.4, -0.2) is 79.5 Å². The zero-order valence-corrected chi connectivity index (χ0v) is 14.3. The lowest BCUT2D eigenvalue weighted by molar-refractivity contribution is -0.128. The molecule has 1 aromatic heterocycles. The summed E-state index contributed by atoms with van der Waals surface area (Å²) in [6, 6.07) is 5.99. The van der Waals surface area contributed by atoms with Gasteiger partial charge in [0.25, 0.3) is 0 Å². The maximum absolute atomic E-state index is 12.2. The topological polar surface area (TPSA) is 64.1 Å². The Morgan fingerprint density at radius 1 is 1.12 bits per heavy atom. The van der Waals surface area contributed by atoms with Crippen LogP contribution in [-0.2, 0) is 4.79 Å². The van der Waals surface area contributed by atoms with E-state index in [1.165, 1.54) is 0 Å². The van der Waals surface area contributed by atoms with Crippen LogP contribution in [0.4, 0.5) is 5.82 Å². The number of carbonyl (C=O) groups is 1. The summed E-state index contributed by atoms with van der Waals surface area (Å²) in [5.74, 6) is 1.99. The van der Waals surface area contributed by atoms with Crippen molar-refractivity contribution < 1.29 is 4.79 Å². The van der Waals surface area contributed by atoms with E-state index in [2.05, 4.69) is 25.1 Å². The summed E-state index contributed by atoms with van der Waals surface area (Å²) in [4.78, 5) is 27.3. The number of aliphatic imine (C=N–C) groups is 1. The van der Waals surface area contributed by atoms with Crippen LogP contribution in [0.1, 0.15) is 12.8 Å². The largest absolute Gasteiger partial charge is 0.353 e. The lowest BCUT2D eigenvalue weighted by Gasteiger charge is -2.37. The molecule has 0 radical (unpaired) electrons. The Morgan fingerprint density at radius 2 is 1.88 bits per heavy atom. The first-order valence-corrected chi connectivity index (χ1v) is 8.67. The Labute approximate surface area is 143 Å². The van der Waals surface area contributed by atoms with Gasteiger partial charge in [0, 0.05) is 52.5 Å². The first kappa shape index (κ1) is 16.5. The SMILES string of the molecule is CN=C(NCC(=O)N1CCCC1)N1CCN(c2ccccn2)CC1. The average molecular weight is 330 g/mol. The number of piperazine rings is 1. The van der Waals surface area contributed by atoms with E-state index in [0.717, 1.165) is 63.9 Å². The Hall–Kier alpha value is -2.31. The second-order valence-corrected chi connectivity index (χ2v) is 6.15. The molecule has 1 N–H and O–H groups in total. The van der Waals surface area contributed by atoms with Crippen LogP contribution in [0.15, 0.2) is 29.4 Å². The van der Waals surface area contributed by atoms with Gasteiger partial charge in [0.2, 0.25) is 5.91 Å². The molecule has 0 aromatic carbocycles. The lowest BCUT2D eigenvalue weighted by atomic mass is 10.3. The molecule has 2 aliphatic heterocycles. The standard InChI is InChI=1S/C17H26N6O/c1-18-17(20-14-16(24)22-8-4-5-9-22)23-12-10-21(11-13-23)15-6-2-3-7-19-15/h2-3,6-7H,4-5,8-14H2,1H3,(H,18,20). The number of likely N-dealkylation sites (tertiary alicyclic amines) is 1. The van der Waals surface area contributed by atoms with Gasteiger partial charge in [-0.1, -0.05) is 6.07 Å². The fourth-order valence-electron chi connectivity index (χ4n) is 3.25. The number of hydrogen-bond acceptors (Lipinski definition) is 4. The fourth-order valence-corrected chi connectivity index (χ4v) is 3.25. The summed E-state index contributed by atoms with van der Waals surface area (Å²) in [5.41, 5.74) is 0. The molecule has 0 aliphatic carbocycles. The minimum Gasteiger partial charge on any atom is -0.353 e. The van der Waals surface area contributed by atoms with Crippen LogP contribution in [0.5, 0.6) is 0 Å². The van der Waals surface area contributed by atoms with E-state index in [1.807, 2.05) is 29.3 Å². The Balaban J connectivity index is 1.48. The van der Waals surface area contributed by atoms with Crippen LogP contribution in [0.2, 0.25) is 0 Å². The monoisotopic (exact) mass is 330 g/mol. The van der Waals surface area contributed by atoms with Crippen molar-refractivity contribution >= 4 is 17.7 Å². The zero-order valence-electron chi connectivity index (χ0n) is 14.3. The lowest BCUT2D eigenvalue weighted by Crippen LogP contribution is -2.54. The molecule has 1 aromatic rings. The Bertz CT molecular complexity index is 562. The Morgan fingerprint density at radius 3 is 2.50 bits per heavy atom. The van der Waals surface area contributed by atoms with Gasteiger partial charge in [-0.15, -0.1) is 0 Å². The normalized spacial score (nSPS) is 18.9. The number of hydrogen-bond donors (Lipinski definition) is 1. The molecule has 24 heavy (non-hydrogen) atoms. The van der Waals surface area contributed by atoms with Crippen molar-refractivity contribution in [3.8, 4) is 0 Å². The van der Waals surface area contributed by atoms with E-state index < -0.39 is 0 Å². The van der Waals surface area contributed by atoms with Gasteiger partial charge in [0.1, 0.15) is 5.82 Å². The van der Waals surface area contributed by atoms with Gasteiger partial charge >= 0.3 is 0 Å². The molecule has 0 atom stereocenters. The number of aromatic nitrogens is 1. The molecular formula is C17H26N6O. The highest BCUT2D eigenvalue weighted by molar-refractivity contribution is 5.86. The highest BCUT2D eigenvalue weighted by atomic mass is 16.2. The van der Waals surface area contributed by atoms with E-state index in [1.54, 1.807) is 7.05 Å². The smallest absolute Gasteiger partial charge is 0.241 e. The van der Waals surface area contributed by atoms with Crippen molar-refractivity contribution in [2.45, 2.75) is 12.8 Å². The van der Waals surface area contributed by atoms with Crippen LogP contribution in [0.25, 0.3) is 0 Å². The van der Waals surface area contributed by atoms with Crippen LogP contribution >= 0.6 is 0 Å². The quantitative estimate of drug-likeness (QED) is 0.642. The van der Waals surface area contributed by atoms with E-state index in [-0.39, 0.29) is 5.91 Å². The molecule has 2 fully saturated rings. The van der Waals surface area contributed by atoms with Gasteiger partial charge in [-0.2, -0.15) is 0 Å². The molecule has 0 unspecified atom stereocenters. The van der Waals surface area contributed by atoms with Gasteiger partial charge in [0.15, 0.2) is 5.96 Å². The zero-order chi connectivity index (χ0) is 16.8. The number of rotatable bonds is 3. The molecule has 7 heteroatoms. The molecule has 0 spiro atoms. The van der Waals surface area contributed by atoms with E-state index in [0.29, 0.717) is 6.54 Å². The van der Waals surface area contributed by atoms with Crippen molar-refractivity contribution in [2.75, 3.05) is 57.8 Å². The average Bonchev–Trinajstić information content (AvgIpc) is 3.18. The number of pyridine rings is 1. The molecule has 0 bridgehead atoms. The molecule has 7 nitrogen and oxygen atoms in total. The summed E-state index contributed by atoms with van der Waals surface area (Å²) < 4.78 is 0. The van der Waals surface area contributed by atoms with Gasteiger partial charge in [-0.25, -0.2) is 4.98 Å². The summed E-state index contributed by atoms with van der Waals surface area (Å²) in [5, 5.41) is 3.22. The third-order valence-corrected chi connectivity index (χ3v) is 4.62. The summed E-state index contributed by atoms with van der Waals surface area (Å²) >= 11 is 0. The first-order chi connectivity index (χ1) is 11.8. The van der Waals surface area contributed by atoms with E-state index in [9.17, 15) is 4.79 Å².